The highest BCUT2D eigenvalue weighted by molar-refractivity contribution is 5.85. The van der Waals surface area contributed by atoms with Crippen LogP contribution in [-0.4, -0.2) is 29.1 Å². The average molecular weight is 426 g/mol. The van der Waals surface area contributed by atoms with Crippen molar-refractivity contribution < 1.29 is 24.2 Å². The minimum atomic E-state index is -0.779. The van der Waals surface area contributed by atoms with E-state index in [1.54, 1.807) is 18.2 Å². The second kappa shape index (κ2) is 8.25. The van der Waals surface area contributed by atoms with Crippen LogP contribution in [0.3, 0.4) is 0 Å². The predicted molar refractivity (Wildman–Crippen MR) is 112 cm³/mol. The Bertz CT molecular complexity index is 778. The average Bonchev–Trinajstić information content (AvgIpc) is 3.53. The maximum atomic E-state index is 12.4. The fraction of sp³-hybridized carbons (Fsp3) is 0.636. The third kappa shape index (κ3) is 5.93. The summed E-state index contributed by atoms with van der Waals surface area (Å²) in [5, 5.41) is 13.8. The molecule has 1 aromatic rings. The summed E-state index contributed by atoms with van der Waals surface area (Å²) in [5.74, 6) is -0.245. The highest BCUT2D eigenvalue weighted by atomic mass is 35.5. The van der Waals surface area contributed by atoms with Gasteiger partial charge in [-0.15, -0.1) is 12.4 Å². The van der Waals surface area contributed by atoms with E-state index in [2.05, 4.69) is 5.32 Å². The van der Waals surface area contributed by atoms with Crippen molar-refractivity contribution in [1.82, 2.24) is 5.32 Å². The van der Waals surface area contributed by atoms with Crippen LogP contribution in [0.1, 0.15) is 72.0 Å². The lowest BCUT2D eigenvalue weighted by Gasteiger charge is -2.23. The molecule has 2 saturated carbocycles. The molecule has 2 fully saturated rings. The summed E-state index contributed by atoms with van der Waals surface area (Å²) in [6.45, 7) is 10.1. The van der Waals surface area contributed by atoms with Gasteiger partial charge < -0.3 is 19.9 Å². The Kier molecular flexibility index (Phi) is 6.72. The predicted octanol–water partition coefficient (Wildman–Crippen LogP) is 3.94. The number of esters is 2. The van der Waals surface area contributed by atoms with Gasteiger partial charge in [-0.05, 0) is 78.0 Å². The molecule has 1 aromatic carbocycles. The van der Waals surface area contributed by atoms with Crippen LogP contribution in [-0.2, 0) is 9.59 Å². The number of hydrogen-bond donors (Lipinski definition) is 2. The van der Waals surface area contributed by atoms with E-state index in [9.17, 15) is 14.7 Å². The Morgan fingerprint density at radius 2 is 1.52 bits per heavy atom. The third-order valence-corrected chi connectivity index (χ3v) is 5.57. The highest BCUT2D eigenvalue weighted by Gasteiger charge is 2.48. The molecule has 1 unspecified atom stereocenters. The van der Waals surface area contributed by atoms with Crippen LogP contribution in [0.25, 0.3) is 0 Å². The molecular formula is C22H32ClNO5. The molecule has 2 aliphatic carbocycles. The lowest BCUT2D eigenvalue weighted by Crippen LogP contribution is -2.38. The third-order valence-electron chi connectivity index (χ3n) is 5.57. The van der Waals surface area contributed by atoms with Crippen LogP contribution in [0, 0.1) is 10.8 Å². The van der Waals surface area contributed by atoms with Crippen LogP contribution < -0.4 is 14.8 Å². The van der Waals surface area contributed by atoms with E-state index in [0.717, 1.165) is 25.7 Å². The van der Waals surface area contributed by atoms with Gasteiger partial charge in [-0.1, -0.05) is 6.07 Å². The lowest BCUT2D eigenvalue weighted by atomic mass is 10.1. The van der Waals surface area contributed by atoms with Crippen molar-refractivity contribution in [1.29, 1.82) is 0 Å². The van der Waals surface area contributed by atoms with E-state index < -0.39 is 16.9 Å². The second-order valence-electron chi connectivity index (χ2n) is 9.75. The van der Waals surface area contributed by atoms with Gasteiger partial charge in [0.1, 0.15) is 0 Å². The number of aliphatic hydroxyl groups excluding tert-OH is 1. The number of halogens is 1. The van der Waals surface area contributed by atoms with Gasteiger partial charge in [0.15, 0.2) is 11.5 Å². The summed E-state index contributed by atoms with van der Waals surface area (Å²) < 4.78 is 11.1. The molecule has 0 spiro atoms. The molecule has 0 heterocycles. The molecule has 3 rings (SSSR count). The molecule has 29 heavy (non-hydrogen) atoms. The Labute approximate surface area is 178 Å². The molecule has 0 amide bonds. The van der Waals surface area contributed by atoms with Gasteiger partial charge in [0.05, 0.1) is 16.9 Å². The zero-order valence-corrected chi connectivity index (χ0v) is 18.6. The first-order valence-corrected chi connectivity index (χ1v) is 9.94. The molecular weight excluding hydrogens is 394 g/mol. The van der Waals surface area contributed by atoms with Gasteiger partial charge >= 0.3 is 11.9 Å². The molecule has 0 aliphatic heterocycles. The normalized spacial score (nSPS) is 19.5. The van der Waals surface area contributed by atoms with E-state index in [1.165, 1.54) is 0 Å². The summed E-state index contributed by atoms with van der Waals surface area (Å²) in [6.07, 6.45) is 2.40. The van der Waals surface area contributed by atoms with Crippen LogP contribution in [0.2, 0.25) is 0 Å². The number of hydrogen-bond acceptors (Lipinski definition) is 6. The van der Waals surface area contributed by atoms with Crippen LogP contribution >= 0.6 is 12.4 Å². The molecule has 2 N–H and O–H groups in total. The fourth-order valence-electron chi connectivity index (χ4n) is 2.65. The Morgan fingerprint density at radius 1 is 1.03 bits per heavy atom. The molecule has 0 aromatic heterocycles. The second-order valence-corrected chi connectivity index (χ2v) is 9.75. The first-order chi connectivity index (χ1) is 12.9. The van der Waals surface area contributed by atoms with E-state index >= 15 is 0 Å². The van der Waals surface area contributed by atoms with Crippen molar-refractivity contribution in [2.45, 2.75) is 71.9 Å². The summed E-state index contributed by atoms with van der Waals surface area (Å²) in [6, 6.07) is 4.89. The number of carbonyl (C=O) groups excluding carboxylic acids is 2. The number of benzene rings is 1. The summed E-state index contributed by atoms with van der Waals surface area (Å²) in [4.78, 5) is 24.8. The minimum absolute atomic E-state index is 0. The Balaban J connectivity index is 0.00000300. The maximum absolute atomic E-state index is 12.4. The standard InChI is InChI=1S/C22H31NO5.ClH/c1-20(2,3)23-13-15(24)14-6-7-16(27-18(25)21(4)8-9-21)17(12-14)28-19(26)22(5)10-11-22;/h6-7,12,15,23-24H,8-11,13H2,1-5H3;1H. The van der Waals surface area contributed by atoms with Crippen molar-refractivity contribution in [2.75, 3.05) is 6.54 Å². The van der Waals surface area contributed by atoms with Crippen LogP contribution in [0.4, 0.5) is 0 Å². The number of aliphatic hydroxyl groups is 1. The molecule has 1 atom stereocenters. The van der Waals surface area contributed by atoms with E-state index in [0.29, 0.717) is 12.1 Å². The van der Waals surface area contributed by atoms with Crippen molar-refractivity contribution >= 4 is 24.3 Å². The highest BCUT2D eigenvalue weighted by Crippen LogP contribution is 2.48. The zero-order chi connectivity index (χ0) is 20.7. The van der Waals surface area contributed by atoms with Crippen molar-refractivity contribution in [2.24, 2.45) is 10.8 Å². The molecule has 2 aliphatic rings. The molecule has 0 saturated heterocycles. The quantitative estimate of drug-likeness (QED) is 0.508. The minimum Gasteiger partial charge on any atom is -0.422 e. The first-order valence-electron chi connectivity index (χ1n) is 9.94. The monoisotopic (exact) mass is 425 g/mol. The Hall–Kier alpha value is -1.63. The number of nitrogens with one attached hydrogen (secondary N) is 1. The summed E-state index contributed by atoms with van der Waals surface area (Å²) in [5.41, 5.74) is -0.450. The lowest BCUT2D eigenvalue weighted by molar-refractivity contribution is -0.142. The Morgan fingerprint density at radius 3 is 1.97 bits per heavy atom. The van der Waals surface area contributed by atoms with E-state index in [4.69, 9.17) is 9.47 Å². The van der Waals surface area contributed by atoms with Gasteiger partial charge in [0.25, 0.3) is 0 Å². The van der Waals surface area contributed by atoms with Gasteiger partial charge in [-0.3, -0.25) is 9.59 Å². The number of rotatable bonds is 7. The molecule has 0 radical (unpaired) electrons. The van der Waals surface area contributed by atoms with E-state index in [-0.39, 0.29) is 41.4 Å². The van der Waals surface area contributed by atoms with Crippen LogP contribution in [0.5, 0.6) is 11.5 Å². The summed E-state index contributed by atoms with van der Waals surface area (Å²) in [7, 11) is 0. The smallest absolute Gasteiger partial charge is 0.317 e. The van der Waals surface area contributed by atoms with Gasteiger partial charge in [-0.25, -0.2) is 0 Å². The van der Waals surface area contributed by atoms with Crippen molar-refractivity contribution in [3.8, 4) is 11.5 Å². The number of β-amino-alcohol motifs (C(OH)–C–C–N with tert-alkyl or cyclic N) is 1. The zero-order valence-electron chi connectivity index (χ0n) is 17.8. The van der Waals surface area contributed by atoms with Crippen molar-refractivity contribution in [3.05, 3.63) is 23.8 Å². The molecule has 7 heteroatoms. The van der Waals surface area contributed by atoms with Crippen LogP contribution in [0.15, 0.2) is 18.2 Å². The number of ether oxygens (including phenoxy) is 2. The maximum Gasteiger partial charge on any atom is 0.317 e. The van der Waals surface area contributed by atoms with Gasteiger partial charge in [0.2, 0.25) is 0 Å². The van der Waals surface area contributed by atoms with Gasteiger partial charge in [-0.2, -0.15) is 0 Å². The SMILES string of the molecule is CC(C)(C)NCC(O)c1ccc(OC(=O)C2(C)CC2)c(OC(=O)C2(C)CC2)c1.Cl. The number of carbonyl (C=O) groups is 2. The molecule has 0 bridgehead atoms. The largest absolute Gasteiger partial charge is 0.422 e. The molecule has 6 nitrogen and oxygen atoms in total. The summed E-state index contributed by atoms with van der Waals surface area (Å²) >= 11 is 0. The van der Waals surface area contributed by atoms with E-state index in [1.807, 2.05) is 34.6 Å². The van der Waals surface area contributed by atoms with Gasteiger partial charge in [0, 0.05) is 12.1 Å². The molecule has 162 valence electrons. The van der Waals surface area contributed by atoms with Crippen molar-refractivity contribution in [3.63, 3.8) is 0 Å². The topological polar surface area (TPSA) is 84.9 Å². The first kappa shape index (κ1) is 23.6. The fourth-order valence-corrected chi connectivity index (χ4v) is 2.65.